The molecule has 5 aromatic rings. The first-order valence-corrected chi connectivity index (χ1v) is 15.8. The number of aromatic nitrogens is 4. The van der Waals surface area contributed by atoms with Crippen molar-refractivity contribution in [2.45, 2.75) is 37.2 Å². The number of ether oxygens (including phenoxy) is 3. The number of tetrazole rings is 1. The lowest BCUT2D eigenvalue weighted by Crippen LogP contribution is -2.38. The Morgan fingerprint density at radius 2 is 1.50 bits per heavy atom. The number of para-hydroxylation sites is 1. The van der Waals surface area contributed by atoms with Crippen molar-refractivity contribution in [2.24, 2.45) is 13.0 Å². The van der Waals surface area contributed by atoms with E-state index in [2.05, 4.69) is 33.1 Å². The van der Waals surface area contributed by atoms with Crippen molar-refractivity contribution in [1.82, 2.24) is 20.2 Å². The Bertz CT molecular complexity index is 1720. The molecule has 236 valence electrons. The molecule has 0 saturated carbocycles. The van der Waals surface area contributed by atoms with Gasteiger partial charge in [0, 0.05) is 35.7 Å². The molecule has 0 aliphatic carbocycles. The number of rotatable bonds is 10. The van der Waals surface area contributed by atoms with E-state index in [1.165, 1.54) is 11.8 Å². The van der Waals surface area contributed by atoms with Gasteiger partial charge >= 0.3 is 6.03 Å². The highest BCUT2D eigenvalue weighted by Gasteiger charge is 2.38. The number of aliphatic hydroxyl groups excluding tert-OH is 1. The maximum Gasteiger partial charge on any atom is 0.323 e. The third-order valence-electron chi connectivity index (χ3n) is 7.61. The van der Waals surface area contributed by atoms with Gasteiger partial charge in [-0.15, -0.1) is 5.10 Å². The minimum absolute atomic E-state index is 0.0213. The first kappa shape index (κ1) is 31.2. The standard InChI is InChI=1S/C34H34N6O5S/c1-22-30(21-46-34-37-38-39-40(34)2)44-32(45-31(22)24-10-8-23(20-41)9-11-24)25-12-14-26(15-13-25)35-33(42)36-27-16-18-29(19-17-27)43-28-6-4-3-5-7-28/h3-19,22,30-32,41H,20-21H2,1-2H3,(H2,35,36,42)/t22-,30+,31+,32+/m1/s1. The zero-order chi connectivity index (χ0) is 31.9. The van der Waals surface area contributed by atoms with Crippen LogP contribution < -0.4 is 15.4 Å². The summed E-state index contributed by atoms with van der Waals surface area (Å²) in [6.07, 6.45) is -1.06. The number of thioether (sulfide) groups is 1. The molecule has 1 aliphatic rings. The summed E-state index contributed by atoms with van der Waals surface area (Å²) >= 11 is 1.53. The largest absolute Gasteiger partial charge is 0.457 e. The lowest BCUT2D eigenvalue weighted by atomic mass is 9.91. The number of aliphatic hydroxyl groups is 1. The Hall–Kier alpha value is -4.75. The Labute approximate surface area is 270 Å². The van der Waals surface area contributed by atoms with Gasteiger partial charge in [0.1, 0.15) is 11.5 Å². The zero-order valence-corrected chi connectivity index (χ0v) is 26.1. The topological polar surface area (TPSA) is 133 Å². The Balaban J connectivity index is 1.10. The first-order valence-electron chi connectivity index (χ1n) is 14.8. The molecule has 2 amide bonds. The normalized spacial score (nSPS) is 19.4. The van der Waals surface area contributed by atoms with E-state index in [-0.39, 0.29) is 30.8 Å². The van der Waals surface area contributed by atoms with E-state index in [0.717, 1.165) is 22.4 Å². The molecule has 1 fully saturated rings. The third-order valence-corrected chi connectivity index (χ3v) is 8.71. The van der Waals surface area contributed by atoms with Crippen molar-refractivity contribution in [3.63, 3.8) is 0 Å². The number of urea groups is 1. The predicted octanol–water partition coefficient (Wildman–Crippen LogP) is 6.72. The number of nitrogens with zero attached hydrogens (tertiary/aromatic N) is 4. The molecule has 1 aromatic heterocycles. The van der Waals surface area contributed by atoms with Gasteiger partial charge in [0.25, 0.3) is 0 Å². The molecule has 1 saturated heterocycles. The van der Waals surface area contributed by atoms with Gasteiger partial charge in [0.05, 0.1) is 18.8 Å². The molecule has 0 spiro atoms. The number of hydrogen-bond donors (Lipinski definition) is 3. The van der Waals surface area contributed by atoms with Crippen molar-refractivity contribution in [3.05, 3.63) is 120 Å². The minimum atomic E-state index is -0.638. The minimum Gasteiger partial charge on any atom is -0.457 e. The Morgan fingerprint density at radius 3 is 2.13 bits per heavy atom. The van der Waals surface area contributed by atoms with E-state index in [1.54, 1.807) is 36.0 Å². The van der Waals surface area contributed by atoms with Crippen LogP contribution in [0.3, 0.4) is 0 Å². The number of benzene rings is 4. The van der Waals surface area contributed by atoms with E-state index in [0.29, 0.717) is 28.0 Å². The highest BCUT2D eigenvalue weighted by atomic mass is 32.2. The monoisotopic (exact) mass is 638 g/mol. The molecular weight excluding hydrogens is 604 g/mol. The predicted molar refractivity (Wildman–Crippen MR) is 175 cm³/mol. The number of amides is 2. The van der Waals surface area contributed by atoms with Gasteiger partial charge < -0.3 is 30.0 Å². The molecule has 0 radical (unpaired) electrons. The molecule has 2 heterocycles. The number of aryl methyl sites for hydroxylation is 1. The summed E-state index contributed by atoms with van der Waals surface area (Å²) in [6.45, 7) is 2.09. The molecule has 4 atom stereocenters. The number of carbonyl (C=O) groups excluding carboxylic acids is 1. The Morgan fingerprint density at radius 1 is 0.870 bits per heavy atom. The number of carbonyl (C=O) groups is 1. The fraction of sp³-hybridized carbons (Fsp3) is 0.235. The lowest BCUT2D eigenvalue weighted by Gasteiger charge is -2.41. The summed E-state index contributed by atoms with van der Waals surface area (Å²) in [7, 11) is 1.80. The van der Waals surface area contributed by atoms with Crippen molar-refractivity contribution in [3.8, 4) is 11.5 Å². The second kappa shape index (κ2) is 14.6. The van der Waals surface area contributed by atoms with E-state index >= 15 is 0 Å². The summed E-state index contributed by atoms with van der Waals surface area (Å²) in [5.41, 5.74) is 3.91. The van der Waals surface area contributed by atoms with Crippen LogP contribution in [0.1, 0.15) is 36.0 Å². The summed E-state index contributed by atoms with van der Waals surface area (Å²) in [5.74, 6) is 2.06. The van der Waals surface area contributed by atoms with Gasteiger partial charge in [-0.05, 0) is 70.1 Å². The van der Waals surface area contributed by atoms with Crippen LogP contribution in [0.15, 0.2) is 108 Å². The average molecular weight is 639 g/mol. The van der Waals surface area contributed by atoms with Crippen LogP contribution in [0.5, 0.6) is 11.5 Å². The molecule has 46 heavy (non-hydrogen) atoms. The molecule has 4 aromatic carbocycles. The van der Waals surface area contributed by atoms with Crippen LogP contribution >= 0.6 is 11.8 Å². The smallest absolute Gasteiger partial charge is 0.323 e. The van der Waals surface area contributed by atoms with Crippen LogP contribution in [0.2, 0.25) is 0 Å². The Kier molecular flexibility index (Phi) is 9.89. The molecule has 12 heteroatoms. The van der Waals surface area contributed by atoms with Crippen molar-refractivity contribution < 1.29 is 24.1 Å². The summed E-state index contributed by atoms with van der Waals surface area (Å²) in [4.78, 5) is 12.7. The average Bonchev–Trinajstić information content (AvgIpc) is 3.50. The van der Waals surface area contributed by atoms with E-state index in [1.807, 2.05) is 78.9 Å². The number of nitrogens with one attached hydrogen (secondary N) is 2. The lowest BCUT2D eigenvalue weighted by molar-refractivity contribution is -0.268. The van der Waals surface area contributed by atoms with Gasteiger partial charge in [0.15, 0.2) is 6.29 Å². The van der Waals surface area contributed by atoms with E-state index in [4.69, 9.17) is 14.2 Å². The maximum atomic E-state index is 12.7. The van der Waals surface area contributed by atoms with E-state index < -0.39 is 6.29 Å². The van der Waals surface area contributed by atoms with Crippen LogP contribution in [0.4, 0.5) is 16.2 Å². The van der Waals surface area contributed by atoms with Gasteiger partial charge in [-0.2, -0.15) is 0 Å². The fourth-order valence-corrected chi connectivity index (χ4v) is 6.07. The zero-order valence-electron chi connectivity index (χ0n) is 25.3. The SMILES string of the molecule is C[C@@H]1[C@H](CSc2nnnn2C)O[C@H](c2ccc(NC(=O)Nc3ccc(Oc4ccccc4)cc3)cc2)O[C@@H]1c1ccc(CO)cc1. The molecule has 11 nitrogen and oxygen atoms in total. The molecule has 3 N–H and O–H groups in total. The van der Waals surface area contributed by atoms with Crippen LogP contribution in [0.25, 0.3) is 0 Å². The third kappa shape index (κ3) is 7.72. The van der Waals surface area contributed by atoms with Gasteiger partial charge in [-0.3, -0.25) is 0 Å². The second-order valence-electron chi connectivity index (χ2n) is 10.9. The van der Waals surface area contributed by atoms with Gasteiger partial charge in [0.2, 0.25) is 5.16 Å². The van der Waals surface area contributed by atoms with Crippen LogP contribution in [-0.4, -0.2) is 43.2 Å². The summed E-state index contributed by atoms with van der Waals surface area (Å²) in [5, 5.41) is 27.7. The highest BCUT2D eigenvalue weighted by molar-refractivity contribution is 7.99. The van der Waals surface area contributed by atoms with Crippen molar-refractivity contribution in [2.75, 3.05) is 16.4 Å². The quantitative estimate of drug-likeness (QED) is 0.143. The molecular formula is C34H34N6O5S. The van der Waals surface area contributed by atoms with Crippen molar-refractivity contribution >= 4 is 29.2 Å². The van der Waals surface area contributed by atoms with Crippen molar-refractivity contribution in [1.29, 1.82) is 0 Å². The number of anilines is 2. The highest BCUT2D eigenvalue weighted by Crippen LogP contribution is 2.43. The first-order chi connectivity index (χ1) is 22.4. The summed E-state index contributed by atoms with van der Waals surface area (Å²) in [6, 6.07) is 31.5. The van der Waals surface area contributed by atoms with Crippen LogP contribution in [0, 0.1) is 5.92 Å². The molecule has 0 unspecified atom stereocenters. The van der Waals surface area contributed by atoms with Crippen LogP contribution in [-0.2, 0) is 23.1 Å². The number of hydrogen-bond acceptors (Lipinski definition) is 9. The molecule has 0 bridgehead atoms. The summed E-state index contributed by atoms with van der Waals surface area (Å²) < 4.78 is 20.5. The molecule has 6 rings (SSSR count). The molecule has 1 aliphatic heterocycles. The fourth-order valence-electron chi connectivity index (χ4n) is 5.06. The van der Waals surface area contributed by atoms with Gasteiger partial charge in [-0.1, -0.05) is 73.3 Å². The van der Waals surface area contributed by atoms with E-state index in [9.17, 15) is 9.90 Å². The second-order valence-corrected chi connectivity index (χ2v) is 11.8. The van der Waals surface area contributed by atoms with Gasteiger partial charge in [-0.25, -0.2) is 9.48 Å². The maximum absolute atomic E-state index is 12.7.